The van der Waals surface area contributed by atoms with Gasteiger partial charge in [0.15, 0.2) is 0 Å². The van der Waals surface area contributed by atoms with Crippen molar-refractivity contribution in [3.05, 3.63) is 30.3 Å². The number of tetrazole rings is 1. The van der Waals surface area contributed by atoms with Crippen LogP contribution >= 0.6 is 0 Å². The molecule has 5 atom stereocenters. The van der Waals surface area contributed by atoms with E-state index < -0.39 is 15.9 Å². The molecular weight excluding hydrogens is 368 g/mol. The molecule has 0 aliphatic carbocycles. The first-order valence-corrected chi connectivity index (χ1v) is 10.9. The number of benzene rings is 1. The fourth-order valence-corrected chi connectivity index (χ4v) is 5.02. The number of nitrogens with zero attached hydrogens (tertiary/aromatic N) is 4. The van der Waals surface area contributed by atoms with Gasteiger partial charge in [0.2, 0.25) is 9.84 Å². The minimum Gasteiger partial charge on any atom is -0.393 e. The number of aliphatic hydroxyl groups excluding tert-OH is 1. The van der Waals surface area contributed by atoms with Crippen LogP contribution in [0.15, 0.2) is 35.5 Å². The van der Waals surface area contributed by atoms with E-state index in [0.717, 1.165) is 0 Å². The number of ether oxygens (including phenoxy) is 1. The molecule has 9 heteroatoms. The van der Waals surface area contributed by atoms with Crippen LogP contribution in [0, 0.1) is 11.8 Å². The summed E-state index contributed by atoms with van der Waals surface area (Å²) in [5.41, 5.74) is 0.599. The lowest BCUT2D eigenvalue weighted by Gasteiger charge is -2.15. The average molecular weight is 394 g/mol. The summed E-state index contributed by atoms with van der Waals surface area (Å²) >= 11 is 0. The average Bonchev–Trinajstić information content (AvgIpc) is 3.20. The SMILES string of the molecule is CC[C@H](O)[C@@H](C)[C@H]1O[C@H]1C[C@H](C)CS(=O)(=O)c1nnnn1-c1ccccc1. The van der Waals surface area contributed by atoms with Crippen molar-refractivity contribution in [1.82, 2.24) is 20.2 Å². The molecule has 0 unspecified atom stereocenters. The summed E-state index contributed by atoms with van der Waals surface area (Å²) in [7, 11) is -3.65. The highest BCUT2D eigenvalue weighted by molar-refractivity contribution is 7.91. The summed E-state index contributed by atoms with van der Waals surface area (Å²) in [5.74, 6) is -0.122. The van der Waals surface area contributed by atoms with E-state index in [9.17, 15) is 13.5 Å². The number of aromatic nitrogens is 4. The van der Waals surface area contributed by atoms with Crippen LogP contribution in [-0.2, 0) is 14.6 Å². The highest BCUT2D eigenvalue weighted by Gasteiger charge is 2.45. The second-order valence-electron chi connectivity index (χ2n) is 7.30. The van der Waals surface area contributed by atoms with Gasteiger partial charge in [0.25, 0.3) is 5.16 Å². The van der Waals surface area contributed by atoms with Crippen molar-refractivity contribution in [2.24, 2.45) is 11.8 Å². The van der Waals surface area contributed by atoms with Crippen LogP contribution in [0.3, 0.4) is 0 Å². The van der Waals surface area contributed by atoms with Gasteiger partial charge in [-0.15, -0.1) is 0 Å². The van der Waals surface area contributed by atoms with E-state index >= 15 is 0 Å². The van der Waals surface area contributed by atoms with Crippen LogP contribution < -0.4 is 0 Å². The number of epoxide rings is 1. The van der Waals surface area contributed by atoms with E-state index in [1.807, 2.05) is 26.8 Å². The molecule has 1 aliphatic rings. The number of rotatable bonds is 9. The lowest BCUT2D eigenvalue weighted by atomic mass is 9.94. The number of para-hydroxylation sites is 1. The van der Waals surface area contributed by atoms with Gasteiger partial charge in [0.05, 0.1) is 29.8 Å². The third-order valence-corrected chi connectivity index (χ3v) is 6.84. The van der Waals surface area contributed by atoms with Gasteiger partial charge in [0.1, 0.15) is 0 Å². The Bertz CT molecular complexity index is 855. The molecule has 1 aromatic heterocycles. The molecule has 1 N–H and O–H groups in total. The van der Waals surface area contributed by atoms with Crippen molar-refractivity contribution >= 4 is 9.84 Å². The summed E-state index contributed by atoms with van der Waals surface area (Å²) in [5, 5.41) is 20.9. The molecule has 0 spiro atoms. The molecule has 2 heterocycles. The largest absolute Gasteiger partial charge is 0.393 e. The number of aliphatic hydroxyl groups is 1. The van der Waals surface area contributed by atoms with E-state index in [0.29, 0.717) is 18.5 Å². The highest BCUT2D eigenvalue weighted by Crippen LogP contribution is 2.36. The Morgan fingerprint density at radius 3 is 2.63 bits per heavy atom. The van der Waals surface area contributed by atoms with Crippen LogP contribution in [0.4, 0.5) is 0 Å². The standard InChI is InChI=1S/C18H26N4O4S/c1-4-15(23)13(3)17-16(26-17)10-12(2)11-27(24,25)18-19-20-21-22(18)14-8-6-5-7-9-14/h5-9,12-13,15-17,23H,4,10-11H2,1-3H3/t12-,13+,15-,16-,17+/m0/s1. The molecule has 1 aromatic carbocycles. The van der Waals surface area contributed by atoms with Crippen molar-refractivity contribution < 1.29 is 18.3 Å². The maximum Gasteiger partial charge on any atom is 0.272 e. The smallest absolute Gasteiger partial charge is 0.272 e. The van der Waals surface area contributed by atoms with Gasteiger partial charge >= 0.3 is 0 Å². The molecule has 2 aromatic rings. The first-order chi connectivity index (χ1) is 12.8. The number of hydrogen-bond donors (Lipinski definition) is 1. The van der Waals surface area contributed by atoms with Gasteiger partial charge in [-0.05, 0) is 41.3 Å². The Hall–Kier alpha value is -1.84. The number of hydrogen-bond acceptors (Lipinski definition) is 7. The topological polar surface area (TPSA) is 110 Å². The fourth-order valence-electron chi connectivity index (χ4n) is 3.42. The van der Waals surface area contributed by atoms with Crippen LogP contribution in [0.1, 0.15) is 33.6 Å². The summed E-state index contributed by atoms with van der Waals surface area (Å²) in [6.07, 6.45) is 0.906. The van der Waals surface area contributed by atoms with Crippen molar-refractivity contribution in [3.8, 4) is 5.69 Å². The van der Waals surface area contributed by atoms with Crippen molar-refractivity contribution in [2.45, 2.75) is 57.1 Å². The minimum absolute atomic E-state index is 0.000238. The normalized spacial score (nSPS) is 23.0. The van der Waals surface area contributed by atoms with E-state index in [1.165, 1.54) is 4.68 Å². The summed E-state index contributed by atoms with van der Waals surface area (Å²) in [4.78, 5) is 0. The Labute approximate surface area is 159 Å². The Kier molecular flexibility index (Phi) is 5.92. The predicted molar refractivity (Wildman–Crippen MR) is 99.1 cm³/mol. The van der Waals surface area contributed by atoms with Crippen LogP contribution in [0.25, 0.3) is 5.69 Å². The van der Waals surface area contributed by atoms with E-state index in [2.05, 4.69) is 15.5 Å². The number of sulfone groups is 1. The molecule has 0 bridgehead atoms. The molecule has 0 saturated carbocycles. The van der Waals surface area contributed by atoms with Crippen LogP contribution in [0.5, 0.6) is 0 Å². The molecule has 1 aliphatic heterocycles. The zero-order valence-electron chi connectivity index (χ0n) is 15.8. The molecule has 8 nitrogen and oxygen atoms in total. The van der Waals surface area contributed by atoms with Crippen molar-refractivity contribution in [1.29, 1.82) is 0 Å². The fraction of sp³-hybridized carbons (Fsp3) is 0.611. The first kappa shape index (κ1) is 19.9. The summed E-state index contributed by atoms with van der Waals surface area (Å²) in [6, 6.07) is 8.94. The third kappa shape index (κ3) is 4.53. The molecule has 0 radical (unpaired) electrons. The third-order valence-electron chi connectivity index (χ3n) is 5.02. The summed E-state index contributed by atoms with van der Waals surface area (Å²) < 4.78 is 32.6. The molecule has 1 fully saturated rings. The van der Waals surface area contributed by atoms with Crippen LogP contribution in [-0.4, -0.2) is 57.8 Å². The van der Waals surface area contributed by atoms with E-state index in [4.69, 9.17) is 4.74 Å². The molecular formula is C18H26N4O4S. The Morgan fingerprint density at radius 1 is 1.26 bits per heavy atom. The monoisotopic (exact) mass is 394 g/mol. The Morgan fingerprint density at radius 2 is 1.96 bits per heavy atom. The van der Waals surface area contributed by atoms with Gasteiger partial charge in [-0.3, -0.25) is 0 Å². The maximum atomic E-state index is 12.8. The second kappa shape index (κ2) is 8.04. The van der Waals surface area contributed by atoms with Gasteiger partial charge in [-0.2, -0.15) is 4.68 Å². The molecule has 3 rings (SSSR count). The lowest BCUT2D eigenvalue weighted by molar-refractivity contribution is 0.0953. The van der Waals surface area contributed by atoms with Crippen molar-refractivity contribution in [2.75, 3.05) is 5.75 Å². The maximum absolute atomic E-state index is 12.8. The van der Waals surface area contributed by atoms with E-state index in [-0.39, 0.29) is 35.0 Å². The zero-order valence-corrected chi connectivity index (χ0v) is 16.6. The zero-order chi connectivity index (χ0) is 19.6. The molecule has 1 saturated heterocycles. The first-order valence-electron chi connectivity index (χ1n) is 9.23. The van der Waals surface area contributed by atoms with Crippen molar-refractivity contribution in [3.63, 3.8) is 0 Å². The van der Waals surface area contributed by atoms with Crippen LogP contribution in [0.2, 0.25) is 0 Å². The second-order valence-corrected chi connectivity index (χ2v) is 9.23. The summed E-state index contributed by atoms with van der Waals surface area (Å²) in [6.45, 7) is 5.78. The lowest BCUT2D eigenvalue weighted by Crippen LogP contribution is -2.24. The molecule has 0 amide bonds. The highest BCUT2D eigenvalue weighted by atomic mass is 32.2. The van der Waals surface area contributed by atoms with Gasteiger partial charge in [-0.1, -0.05) is 44.1 Å². The quantitative estimate of drug-likeness (QED) is 0.644. The van der Waals surface area contributed by atoms with Gasteiger partial charge < -0.3 is 9.84 Å². The molecule has 27 heavy (non-hydrogen) atoms. The van der Waals surface area contributed by atoms with E-state index in [1.54, 1.807) is 24.3 Å². The van der Waals surface area contributed by atoms with Gasteiger partial charge in [0, 0.05) is 5.92 Å². The minimum atomic E-state index is -3.65. The molecule has 148 valence electrons. The van der Waals surface area contributed by atoms with Gasteiger partial charge in [-0.25, -0.2) is 8.42 Å². The predicted octanol–water partition coefficient (Wildman–Crippen LogP) is 1.64. The Balaban J connectivity index is 1.64.